The van der Waals surface area contributed by atoms with Crippen LogP contribution in [0.15, 0.2) is 78.0 Å². The van der Waals surface area contributed by atoms with Crippen molar-refractivity contribution in [2.24, 2.45) is 0 Å². The number of carbonyl (C=O) groups is 3. The average Bonchev–Trinajstić information content (AvgIpc) is 3.51. The van der Waals surface area contributed by atoms with E-state index in [1.165, 1.54) is 12.1 Å². The molecule has 10 heteroatoms. The van der Waals surface area contributed by atoms with Crippen LogP contribution in [0.4, 0.5) is 4.39 Å². The molecule has 0 spiro atoms. The van der Waals surface area contributed by atoms with Gasteiger partial charge in [0.25, 0.3) is 5.91 Å². The molecule has 1 unspecified atom stereocenters. The molecule has 0 bridgehead atoms. The number of carbonyl (C=O) groups excluding carboxylic acids is 3. The second-order valence-electron chi connectivity index (χ2n) is 11.5. The molecule has 9 nitrogen and oxygen atoms in total. The van der Waals surface area contributed by atoms with Crippen molar-refractivity contribution in [3.8, 4) is 11.5 Å². The van der Waals surface area contributed by atoms with Crippen molar-refractivity contribution in [3.63, 3.8) is 0 Å². The molecule has 1 fully saturated rings. The van der Waals surface area contributed by atoms with Crippen molar-refractivity contribution in [1.82, 2.24) is 14.7 Å². The fraction of sp³-hybridized carbons (Fsp3) is 0.343. The van der Waals surface area contributed by atoms with Crippen LogP contribution in [0.5, 0.6) is 11.5 Å². The molecule has 1 atom stereocenters. The van der Waals surface area contributed by atoms with Gasteiger partial charge in [-0.15, -0.1) is 0 Å². The Morgan fingerprint density at radius 1 is 0.911 bits per heavy atom. The molecule has 0 N–H and O–H groups in total. The van der Waals surface area contributed by atoms with Crippen molar-refractivity contribution < 1.29 is 33.0 Å². The van der Waals surface area contributed by atoms with Gasteiger partial charge >= 0.3 is 5.97 Å². The van der Waals surface area contributed by atoms with Gasteiger partial charge in [-0.25, -0.2) is 9.18 Å². The lowest BCUT2D eigenvalue weighted by Gasteiger charge is -2.35. The first-order valence-electron chi connectivity index (χ1n) is 15.2. The van der Waals surface area contributed by atoms with Crippen molar-refractivity contribution in [3.05, 3.63) is 106 Å². The Balaban J connectivity index is 1.13. The van der Waals surface area contributed by atoms with Crippen molar-refractivity contribution in [2.75, 3.05) is 39.6 Å². The minimum absolute atomic E-state index is 0.00407. The monoisotopic (exact) mass is 613 g/mol. The Hall–Kier alpha value is -4.70. The van der Waals surface area contributed by atoms with E-state index >= 15 is 0 Å². The topological polar surface area (TPSA) is 88.6 Å². The van der Waals surface area contributed by atoms with Crippen LogP contribution in [0.25, 0.3) is 0 Å². The highest BCUT2D eigenvalue weighted by molar-refractivity contribution is 5.96. The Kier molecular flexibility index (Phi) is 8.84. The van der Waals surface area contributed by atoms with Crippen LogP contribution in [-0.2, 0) is 27.4 Å². The summed E-state index contributed by atoms with van der Waals surface area (Å²) < 4.78 is 30.3. The molecule has 234 valence electrons. The Morgan fingerprint density at radius 2 is 1.67 bits per heavy atom. The van der Waals surface area contributed by atoms with E-state index in [-0.39, 0.29) is 38.2 Å². The van der Waals surface area contributed by atoms with Crippen LogP contribution in [-0.4, -0.2) is 72.1 Å². The summed E-state index contributed by atoms with van der Waals surface area (Å²) in [6.07, 6.45) is 0.00407. The fourth-order valence-electron chi connectivity index (χ4n) is 6.26. The Labute approximate surface area is 261 Å². The molecule has 3 aliphatic heterocycles. The highest BCUT2D eigenvalue weighted by Crippen LogP contribution is 2.38. The number of halogens is 1. The van der Waals surface area contributed by atoms with E-state index in [4.69, 9.17) is 14.2 Å². The number of amides is 2. The van der Waals surface area contributed by atoms with Crippen molar-refractivity contribution in [2.45, 2.75) is 39.3 Å². The summed E-state index contributed by atoms with van der Waals surface area (Å²) in [6.45, 7) is 7.51. The summed E-state index contributed by atoms with van der Waals surface area (Å²) in [4.78, 5) is 45.8. The minimum Gasteiger partial charge on any atom is -0.463 e. The summed E-state index contributed by atoms with van der Waals surface area (Å²) in [5.41, 5.74) is 3.81. The van der Waals surface area contributed by atoms with E-state index < -0.39 is 17.7 Å². The van der Waals surface area contributed by atoms with Crippen LogP contribution in [0.2, 0.25) is 0 Å². The molecule has 2 amide bonds. The van der Waals surface area contributed by atoms with Crippen molar-refractivity contribution >= 4 is 17.8 Å². The Bertz CT molecular complexity index is 1650. The first kappa shape index (κ1) is 30.3. The average molecular weight is 614 g/mol. The summed E-state index contributed by atoms with van der Waals surface area (Å²) in [6, 6.07) is 19.2. The number of allylic oxidation sites excluding steroid dienone is 1. The fourth-order valence-corrected chi connectivity index (χ4v) is 6.26. The maximum absolute atomic E-state index is 14.1. The predicted molar refractivity (Wildman–Crippen MR) is 164 cm³/mol. The zero-order valence-corrected chi connectivity index (χ0v) is 25.5. The van der Waals surface area contributed by atoms with Gasteiger partial charge in [0.15, 0.2) is 11.5 Å². The maximum Gasteiger partial charge on any atom is 0.336 e. The third-order valence-electron chi connectivity index (χ3n) is 8.59. The van der Waals surface area contributed by atoms with Gasteiger partial charge in [0.1, 0.15) is 5.82 Å². The molecular formula is C35H36FN3O6. The normalized spacial score (nSPS) is 18.4. The number of piperazine rings is 1. The van der Waals surface area contributed by atoms with E-state index in [9.17, 15) is 18.8 Å². The Morgan fingerprint density at radius 3 is 2.44 bits per heavy atom. The molecular weight excluding hydrogens is 577 g/mol. The van der Waals surface area contributed by atoms with Gasteiger partial charge < -0.3 is 24.0 Å². The van der Waals surface area contributed by atoms with Gasteiger partial charge in [0.05, 0.1) is 18.7 Å². The number of ether oxygens (including phenoxy) is 3. The number of nitrogens with zero attached hydrogens (tertiary/aromatic N) is 3. The van der Waals surface area contributed by atoms with Gasteiger partial charge in [0.2, 0.25) is 12.7 Å². The molecule has 0 aromatic heterocycles. The van der Waals surface area contributed by atoms with Gasteiger partial charge in [-0.2, -0.15) is 0 Å². The highest BCUT2D eigenvalue weighted by Gasteiger charge is 2.37. The standard InChI is InChI=1S/C35H36FN3O6/c1-3-43-35(42)33-23(2)39(32(40)19-29(33)26-7-5-9-28(36)18-26)21-24-6-4-8-27(16-24)34(41)38-14-12-37(13-15-38)20-25-10-11-30-31(17-25)45-22-44-30/h4-11,16-18,29H,3,12-15,19-22H2,1-2H3. The maximum atomic E-state index is 14.1. The molecule has 3 aromatic carbocycles. The molecule has 3 heterocycles. The summed E-state index contributed by atoms with van der Waals surface area (Å²) >= 11 is 0. The lowest BCUT2D eigenvalue weighted by Crippen LogP contribution is -2.48. The zero-order valence-electron chi connectivity index (χ0n) is 25.5. The predicted octanol–water partition coefficient (Wildman–Crippen LogP) is 4.87. The SMILES string of the molecule is CCOC(=O)C1=C(C)N(Cc2cccc(C(=O)N3CCN(Cc4ccc5c(c4)OCO5)CC3)c2)C(=O)CC1c1cccc(F)c1. The lowest BCUT2D eigenvalue weighted by atomic mass is 9.83. The number of hydrogen-bond acceptors (Lipinski definition) is 7. The number of fused-ring (bicyclic) bond motifs is 1. The van der Waals surface area contributed by atoms with Gasteiger partial charge in [0, 0.05) is 56.3 Å². The molecule has 0 saturated carbocycles. The van der Waals surface area contributed by atoms with Crippen LogP contribution in [0.1, 0.15) is 53.2 Å². The smallest absolute Gasteiger partial charge is 0.336 e. The second-order valence-corrected chi connectivity index (χ2v) is 11.5. The lowest BCUT2D eigenvalue weighted by molar-refractivity contribution is -0.140. The van der Waals surface area contributed by atoms with Gasteiger partial charge in [-0.3, -0.25) is 14.5 Å². The number of rotatable bonds is 8. The molecule has 0 aliphatic carbocycles. The molecule has 3 aromatic rings. The van der Waals surface area contributed by atoms with Crippen LogP contribution >= 0.6 is 0 Å². The van der Waals surface area contributed by atoms with Gasteiger partial charge in [-0.05, 0) is 66.9 Å². The number of esters is 1. The first-order valence-corrected chi connectivity index (χ1v) is 15.2. The number of benzene rings is 3. The third-order valence-corrected chi connectivity index (χ3v) is 8.59. The van der Waals surface area contributed by atoms with E-state index in [0.717, 1.165) is 42.3 Å². The number of hydrogen-bond donors (Lipinski definition) is 0. The molecule has 45 heavy (non-hydrogen) atoms. The molecule has 1 saturated heterocycles. The summed E-state index contributed by atoms with van der Waals surface area (Å²) in [5.74, 6) is -0.291. The van der Waals surface area contributed by atoms with Crippen LogP contribution in [0.3, 0.4) is 0 Å². The van der Waals surface area contributed by atoms with E-state index in [1.807, 2.05) is 41.3 Å². The third kappa shape index (κ3) is 6.56. The summed E-state index contributed by atoms with van der Waals surface area (Å²) in [5, 5.41) is 0. The minimum atomic E-state index is -0.611. The van der Waals surface area contributed by atoms with Gasteiger partial charge in [-0.1, -0.05) is 30.3 Å². The van der Waals surface area contributed by atoms with E-state index in [1.54, 1.807) is 36.9 Å². The van der Waals surface area contributed by atoms with E-state index in [2.05, 4.69) is 4.90 Å². The largest absolute Gasteiger partial charge is 0.463 e. The quantitative estimate of drug-likeness (QED) is 0.335. The van der Waals surface area contributed by atoms with E-state index in [0.29, 0.717) is 35.5 Å². The zero-order chi connectivity index (χ0) is 31.5. The van der Waals surface area contributed by atoms with Crippen LogP contribution in [0, 0.1) is 5.82 Å². The van der Waals surface area contributed by atoms with Crippen LogP contribution < -0.4 is 9.47 Å². The molecule has 0 radical (unpaired) electrons. The highest BCUT2D eigenvalue weighted by atomic mass is 19.1. The molecule has 6 rings (SSSR count). The first-order chi connectivity index (χ1) is 21.8. The summed E-state index contributed by atoms with van der Waals surface area (Å²) in [7, 11) is 0. The second kappa shape index (κ2) is 13.1. The van der Waals surface area contributed by atoms with Crippen molar-refractivity contribution in [1.29, 1.82) is 0 Å². The molecule has 3 aliphatic rings.